The fourth-order valence-electron chi connectivity index (χ4n) is 6.95. The summed E-state index contributed by atoms with van der Waals surface area (Å²) < 4.78 is 0. The number of phenols is 1. The third-order valence-corrected chi connectivity index (χ3v) is 8.82. The number of aliphatic hydroxyl groups excluding tert-OH is 2. The van der Waals surface area contributed by atoms with E-state index in [1.165, 1.54) is 4.90 Å². The first kappa shape index (κ1) is 27.5. The zero-order valence-electron chi connectivity index (χ0n) is 23.5. The van der Waals surface area contributed by atoms with Crippen LogP contribution >= 0.6 is 0 Å². The van der Waals surface area contributed by atoms with E-state index in [1.807, 2.05) is 43.3 Å². The molecule has 0 bridgehead atoms. The maximum atomic E-state index is 14.1. The fraction of sp³-hybridized carbons (Fsp3) is 0.333. The number of benzene rings is 2. The van der Waals surface area contributed by atoms with Gasteiger partial charge in [0.1, 0.15) is 28.7 Å². The highest BCUT2D eigenvalue weighted by Crippen LogP contribution is 2.54. The molecule has 1 amide bonds. The van der Waals surface area contributed by atoms with Gasteiger partial charge >= 0.3 is 0 Å². The molecule has 218 valence electrons. The third kappa shape index (κ3) is 3.55. The lowest BCUT2D eigenvalue weighted by Crippen LogP contribution is -2.65. The Morgan fingerprint density at radius 3 is 2.43 bits per heavy atom. The first-order chi connectivity index (χ1) is 19.8. The van der Waals surface area contributed by atoms with Gasteiger partial charge in [-0.05, 0) is 56.6 Å². The van der Waals surface area contributed by atoms with E-state index in [0.29, 0.717) is 22.6 Å². The van der Waals surface area contributed by atoms with Gasteiger partial charge in [-0.1, -0.05) is 12.1 Å². The number of rotatable bonds is 4. The number of nitrogens with two attached hydrogens (primary N) is 1. The van der Waals surface area contributed by atoms with Gasteiger partial charge < -0.3 is 36.0 Å². The van der Waals surface area contributed by atoms with Crippen LogP contribution in [-0.4, -0.2) is 92.6 Å². The maximum Gasteiger partial charge on any atom is 0.255 e. The first-order valence-corrected chi connectivity index (χ1v) is 13.4. The van der Waals surface area contributed by atoms with Gasteiger partial charge in [-0.3, -0.25) is 19.3 Å². The Hall–Kier alpha value is -4.68. The summed E-state index contributed by atoms with van der Waals surface area (Å²) >= 11 is 0. The molecule has 3 aromatic rings. The molecule has 1 fully saturated rings. The number of primary amides is 1. The molecule has 4 atom stereocenters. The third-order valence-electron chi connectivity index (χ3n) is 8.82. The number of H-pyrrole nitrogens is 1. The number of carbonyl (C=O) groups excluding carboxylic acids is 3. The number of anilines is 1. The molecule has 0 saturated heterocycles. The lowest BCUT2D eigenvalue weighted by atomic mass is 9.57. The highest BCUT2D eigenvalue weighted by molar-refractivity contribution is 6.24. The minimum absolute atomic E-state index is 0.00736. The predicted octanol–water partition coefficient (Wildman–Crippen LogP) is 1.57. The molecule has 1 unspecified atom stereocenters. The Morgan fingerprint density at radius 1 is 1.12 bits per heavy atom. The number of imidazole rings is 1. The zero-order valence-corrected chi connectivity index (χ0v) is 23.5. The van der Waals surface area contributed by atoms with Crippen molar-refractivity contribution in [3.05, 3.63) is 58.4 Å². The van der Waals surface area contributed by atoms with E-state index in [2.05, 4.69) is 9.97 Å². The Morgan fingerprint density at radius 2 is 1.81 bits per heavy atom. The van der Waals surface area contributed by atoms with Gasteiger partial charge in [0.2, 0.25) is 5.78 Å². The van der Waals surface area contributed by atoms with E-state index in [-0.39, 0.29) is 35.3 Å². The minimum Gasteiger partial charge on any atom is -0.508 e. The number of aromatic nitrogens is 2. The minimum atomic E-state index is -2.69. The van der Waals surface area contributed by atoms with Gasteiger partial charge in [0.05, 0.1) is 28.2 Å². The molecule has 12 heteroatoms. The molecule has 1 saturated carbocycles. The van der Waals surface area contributed by atoms with Crippen molar-refractivity contribution in [1.82, 2.24) is 14.9 Å². The Labute approximate surface area is 240 Å². The zero-order chi connectivity index (χ0) is 30.4. The number of aromatic amines is 1. The molecule has 0 spiro atoms. The van der Waals surface area contributed by atoms with Crippen LogP contribution in [-0.2, 0) is 20.8 Å². The van der Waals surface area contributed by atoms with Crippen LogP contribution in [0.3, 0.4) is 0 Å². The van der Waals surface area contributed by atoms with Crippen molar-refractivity contribution in [2.75, 3.05) is 33.1 Å². The Bertz CT molecular complexity index is 1750. The number of hydrogen-bond donors (Lipinski definition) is 6. The molecule has 42 heavy (non-hydrogen) atoms. The molecular formula is C30H31N5O7. The quantitative estimate of drug-likeness (QED) is 0.250. The van der Waals surface area contributed by atoms with E-state index in [0.717, 1.165) is 5.52 Å². The van der Waals surface area contributed by atoms with Crippen molar-refractivity contribution in [3.63, 3.8) is 0 Å². The summed E-state index contributed by atoms with van der Waals surface area (Å²) in [6, 6.07) is 7.95. The van der Waals surface area contributed by atoms with Gasteiger partial charge in [0, 0.05) is 31.3 Å². The number of fused-ring (bicyclic) bond motifs is 4. The molecule has 0 radical (unpaired) electrons. The number of ketones is 2. The largest absolute Gasteiger partial charge is 0.508 e. The average Bonchev–Trinajstić information content (AvgIpc) is 3.34. The van der Waals surface area contributed by atoms with Gasteiger partial charge in [0.25, 0.3) is 5.91 Å². The van der Waals surface area contributed by atoms with Crippen LogP contribution in [0.5, 0.6) is 5.75 Å². The van der Waals surface area contributed by atoms with E-state index >= 15 is 0 Å². The monoisotopic (exact) mass is 573 g/mol. The summed E-state index contributed by atoms with van der Waals surface area (Å²) in [4.78, 5) is 50.7. The Kier molecular flexibility index (Phi) is 6.00. The van der Waals surface area contributed by atoms with Crippen LogP contribution in [0.25, 0.3) is 28.2 Å². The van der Waals surface area contributed by atoms with Crippen molar-refractivity contribution in [1.29, 1.82) is 0 Å². The first-order valence-electron chi connectivity index (χ1n) is 13.4. The molecule has 1 aromatic heterocycles. The number of para-hydroxylation sites is 2. The summed E-state index contributed by atoms with van der Waals surface area (Å²) in [5, 5.41) is 46.1. The fourth-order valence-corrected chi connectivity index (χ4v) is 6.95. The topological polar surface area (TPSA) is 193 Å². The van der Waals surface area contributed by atoms with Gasteiger partial charge in [-0.2, -0.15) is 0 Å². The molecule has 2 aromatic carbocycles. The highest BCUT2D eigenvalue weighted by Gasteiger charge is 2.64. The summed E-state index contributed by atoms with van der Waals surface area (Å²) in [7, 11) is 6.75. The van der Waals surface area contributed by atoms with Crippen LogP contribution in [0, 0.1) is 11.8 Å². The molecular weight excluding hydrogens is 542 g/mol. The maximum absolute atomic E-state index is 14.1. The van der Waals surface area contributed by atoms with E-state index in [1.54, 1.807) is 20.2 Å². The number of hydrogen-bond acceptors (Lipinski definition) is 10. The molecule has 6 rings (SSSR count). The SMILES string of the molecule is CN(C)c1cc(-c2nc3ccccc3[nH]2)c(O)c2c1C[C@H]1C[C@H]3C(N(C)C)C(=O)C(C(N)=O)=C(O)[C@@]3(O)C(=O)C1=C2O. The van der Waals surface area contributed by atoms with Gasteiger partial charge in [-0.15, -0.1) is 0 Å². The van der Waals surface area contributed by atoms with Crippen molar-refractivity contribution in [3.8, 4) is 17.1 Å². The van der Waals surface area contributed by atoms with E-state index in [9.17, 15) is 34.8 Å². The van der Waals surface area contributed by atoms with E-state index < -0.39 is 58.0 Å². The number of amides is 1. The number of phenolic OH excluding ortho intramolecular Hbond substituents is 1. The van der Waals surface area contributed by atoms with Crippen LogP contribution < -0.4 is 10.6 Å². The number of aromatic hydroxyl groups is 1. The van der Waals surface area contributed by atoms with Crippen molar-refractivity contribution in [2.45, 2.75) is 24.5 Å². The lowest BCUT2D eigenvalue weighted by Gasteiger charge is -2.50. The number of carbonyl (C=O) groups is 3. The molecule has 12 nitrogen and oxygen atoms in total. The molecule has 1 heterocycles. The smallest absolute Gasteiger partial charge is 0.255 e. The van der Waals surface area contributed by atoms with Crippen LogP contribution in [0.2, 0.25) is 0 Å². The van der Waals surface area contributed by atoms with Crippen molar-refractivity contribution < 1.29 is 34.8 Å². The van der Waals surface area contributed by atoms with Crippen LogP contribution in [0.1, 0.15) is 17.5 Å². The highest BCUT2D eigenvalue weighted by atomic mass is 16.3. The van der Waals surface area contributed by atoms with Crippen molar-refractivity contribution in [2.24, 2.45) is 17.6 Å². The average molecular weight is 574 g/mol. The van der Waals surface area contributed by atoms with Gasteiger partial charge in [0.15, 0.2) is 11.4 Å². The summed E-state index contributed by atoms with van der Waals surface area (Å²) in [6.45, 7) is 0. The number of nitrogens with one attached hydrogen (secondary N) is 1. The number of nitrogens with zero attached hydrogens (tertiary/aromatic N) is 3. The van der Waals surface area contributed by atoms with Crippen molar-refractivity contribution >= 4 is 40.0 Å². The predicted molar refractivity (Wildman–Crippen MR) is 154 cm³/mol. The second kappa shape index (κ2) is 9.16. The number of Topliss-reactive ketones (excluding diaryl/α,β-unsaturated/α-hetero) is 2. The molecule has 0 aliphatic heterocycles. The summed E-state index contributed by atoms with van der Waals surface area (Å²) in [5.41, 5.74) is 4.60. The van der Waals surface area contributed by atoms with E-state index in [4.69, 9.17) is 5.73 Å². The normalized spacial score (nSPS) is 25.5. The second-order valence-electron chi connectivity index (χ2n) is 11.6. The van der Waals surface area contributed by atoms with Crippen LogP contribution in [0.4, 0.5) is 5.69 Å². The summed E-state index contributed by atoms with van der Waals surface area (Å²) in [5.74, 6) is -6.56. The number of likely N-dealkylation sites (N-methyl/N-ethyl adjacent to an activating group) is 1. The molecule has 3 aliphatic carbocycles. The second-order valence-corrected chi connectivity index (χ2v) is 11.6. The number of aliphatic hydroxyl groups is 3. The molecule has 7 N–H and O–H groups in total. The molecule has 3 aliphatic rings. The van der Waals surface area contributed by atoms with Crippen LogP contribution in [0.15, 0.2) is 47.2 Å². The Balaban J connectivity index is 1.59. The summed E-state index contributed by atoms with van der Waals surface area (Å²) in [6.07, 6.45) is 0.209. The van der Waals surface area contributed by atoms with Gasteiger partial charge in [-0.25, -0.2) is 4.98 Å². The standard InChI is InChI=1S/C30H31N5O7/c1-34(2)18-11-14(29-32-16-7-5-6-8-17(16)33-29)23(36)20-13(18)9-12-10-15-22(35(3)4)25(38)21(28(31)41)27(40)30(15,42)26(39)19(12)24(20)37/h5-8,11-12,15,22,36-37,40,42H,9-10H2,1-4H3,(H2,31,41)(H,32,33)/t12-,15-,22?,30-/m0/s1. The lowest BCUT2D eigenvalue weighted by molar-refractivity contribution is -0.153.